The second-order valence-corrected chi connectivity index (χ2v) is 4.50. The lowest BCUT2D eigenvalue weighted by Gasteiger charge is -2.03. The smallest absolute Gasteiger partial charge is 0.296 e. The SMILES string of the molecule is O=C1Nc2cc(Sc3ncco3)c(F)cc2C1=O. The van der Waals surface area contributed by atoms with Gasteiger partial charge < -0.3 is 9.73 Å². The van der Waals surface area contributed by atoms with Crippen LogP contribution in [0.3, 0.4) is 0 Å². The normalized spacial score (nSPS) is 13.6. The van der Waals surface area contributed by atoms with Crippen molar-refractivity contribution < 1.29 is 18.4 Å². The second-order valence-electron chi connectivity index (χ2n) is 3.51. The molecule has 3 rings (SSSR count). The number of carbonyl (C=O) groups is 2. The fourth-order valence-corrected chi connectivity index (χ4v) is 2.32. The molecule has 0 atom stereocenters. The van der Waals surface area contributed by atoms with Gasteiger partial charge in [-0.1, -0.05) is 0 Å². The number of amides is 1. The number of benzene rings is 1. The molecule has 0 spiro atoms. The van der Waals surface area contributed by atoms with Crippen molar-refractivity contribution in [3.05, 3.63) is 36.0 Å². The summed E-state index contributed by atoms with van der Waals surface area (Å²) in [5, 5.41) is 2.66. The number of hydrogen-bond acceptors (Lipinski definition) is 5. The summed E-state index contributed by atoms with van der Waals surface area (Å²) in [5.74, 6) is -2.07. The van der Waals surface area contributed by atoms with E-state index in [9.17, 15) is 14.0 Å². The van der Waals surface area contributed by atoms with Crippen LogP contribution in [0.15, 0.2) is 39.1 Å². The van der Waals surface area contributed by atoms with Crippen molar-refractivity contribution in [2.24, 2.45) is 0 Å². The average Bonchev–Trinajstić information content (AvgIpc) is 2.92. The first-order chi connectivity index (χ1) is 8.65. The molecule has 1 aliphatic heterocycles. The summed E-state index contributed by atoms with van der Waals surface area (Å²) in [4.78, 5) is 26.6. The number of fused-ring (bicyclic) bond motifs is 1. The molecule has 2 aromatic rings. The third-order valence-corrected chi connectivity index (χ3v) is 3.29. The van der Waals surface area contributed by atoms with Crippen LogP contribution in [0.2, 0.25) is 0 Å². The van der Waals surface area contributed by atoms with Crippen LogP contribution in [0, 0.1) is 5.82 Å². The number of nitrogens with one attached hydrogen (secondary N) is 1. The van der Waals surface area contributed by atoms with Crippen LogP contribution >= 0.6 is 11.8 Å². The number of oxazole rings is 1. The second kappa shape index (κ2) is 3.95. The number of Topliss-reactive ketones (excluding diaryl/α,β-unsaturated/α-hetero) is 1. The molecule has 0 unspecified atom stereocenters. The van der Waals surface area contributed by atoms with Crippen LogP contribution in [0.25, 0.3) is 0 Å². The quantitative estimate of drug-likeness (QED) is 0.841. The lowest BCUT2D eigenvalue weighted by Crippen LogP contribution is -2.12. The van der Waals surface area contributed by atoms with Gasteiger partial charge in [0.1, 0.15) is 12.1 Å². The topological polar surface area (TPSA) is 72.2 Å². The minimum atomic E-state index is -0.748. The van der Waals surface area contributed by atoms with Gasteiger partial charge in [-0.15, -0.1) is 0 Å². The molecule has 18 heavy (non-hydrogen) atoms. The van der Waals surface area contributed by atoms with E-state index >= 15 is 0 Å². The van der Waals surface area contributed by atoms with Gasteiger partial charge >= 0.3 is 0 Å². The van der Waals surface area contributed by atoms with Gasteiger partial charge in [-0.3, -0.25) is 9.59 Å². The molecule has 1 N–H and O–H groups in total. The fraction of sp³-hybridized carbons (Fsp3) is 0. The average molecular weight is 264 g/mol. The lowest BCUT2D eigenvalue weighted by molar-refractivity contribution is -0.112. The van der Waals surface area contributed by atoms with Crippen LogP contribution in [-0.4, -0.2) is 16.7 Å². The van der Waals surface area contributed by atoms with Crippen molar-refractivity contribution >= 4 is 29.1 Å². The van der Waals surface area contributed by atoms with E-state index in [-0.39, 0.29) is 15.7 Å². The number of carbonyl (C=O) groups excluding carboxylic acids is 2. The highest BCUT2D eigenvalue weighted by molar-refractivity contribution is 7.99. The third kappa shape index (κ3) is 1.68. The van der Waals surface area contributed by atoms with E-state index in [4.69, 9.17) is 4.42 Å². The first-order valence-corrected chi connectivity index (χ1v) is 5.73. The molecule has 2 heterocycles. The van der Waals surface area contributed by atoms with Gasteiger partial charge in [0.25, 0.3) is 16.9 Å². The Labute approximate surface area is 104 Å². The number of hydrogen-bond donors (Lipinski definition) is 1. The van der Waals surface area contributed by atoms with Gasteiger partial charge in [-0.25, -0.2) is 9.37 Å². The Balaban J connectivity index is 2.01. The van der Waals surface area contributed by atoms with Gasteiger partial charge in [0, 0.05) is 0 Å². The number of rotatable bonds is 2. The molecule has 0 radical (unpaired) electrons. The fourth-order valence-electron chi connectivity index (χ4n) is 1.58. The Hall–Kier alpha value is -2.15. The standard InChI is InChI=1S/C11H5FN2O3S/c12-6-3-5-7(14-10(16)9(5)15)4-8(6)18-11-13-1-2-17-11/h1-4H,(H,14,15,16). The zero-order valence-corrected chi connectivity index (χ0v) is 9.58. The Morgan fingerprint density at radius 2 is 2.17 bits per heavy atom. The summed E-state index contributed by atoms with van der Waals surface area (Å²) in [6, 6.07) is 2.43. The Morgan fingerprint density at radius 3 is 2.89 bits per heavy atom. The van der Waals surface area contributed by atoms with Crippen LogP contribution in [0.4, 0.5) is 10.1 Å². The van der Waals surface area contributed by atoms with Crippen molar-refractivity contribution in [3.8, 4) is 0 Å². The van der Waals surface area contributed by atoms with Crippen molar-refractivity contribution in [3.63, 3.8) is 0 Å². The number of nitrogens with zero attached hydrogens (tertiary/aromatic N) is 1. The van der Waals surface area contributed by atoms with Crippen molar-refractivity contribution in [2.45, 2.75) is 10.1 Å². The van der Waals surface area contributed by atoms with E-state index in [1.165, 1.54) is 18.5 Å². The molecule has 0 aliphatic carbocycles. The molecule has 1 aromatic heterocycles. The van der Waals surface area contributed by atoms with E-state index in [2.05, 4.69) is 10.3 Å². The van der Waals surface area contributed by atoms with Crippen molar-refractivity contribution in [2.75, 3.05) is 5.32 Å². The molecule has 1 aromatic carbocycles. The summed E-state index contributed by atoms with van der Waals surface area (Å²) in [6.07, 6.45) is 2.82. The maximum atomic E-state index is 13.8. The molecular formula is C11H5FN2O3S. The molecule has 0 saturated heterocycles. The zero-order chi connectivity index (χ0) is 12.7. The van der Waals surface area contributed by atoms with Gasteiger partial charge in [0.05, 0.1) is 22.3 Å². The maximum absolute atomic E-state index is 13.8. The molecule has 1 amide bonds. The van der Waals surface area contributed by atoms with Gasteiger partial charge in [-0.05, 0) is 23.9 Å². The highest BCUT2D eigenvalue weighted by atomic mass is 32.2. The first-order valence-electron chi connectivity index (χ1n) is 4.92. The molecule has 0 fully saturated rings. The maximum Gasteiger partial charge on any atom is 0.296 e. The molecule has 0 bridgehead atoms. The van der Waals surface area contributed by atoms with E-state index in [1.807, 2.05) is 0 Å². The van der Waals surface area contributed by atoms with Crippen molar-refractivity contribution in [1.82, 2.24) is 4.98 Å². The molecule has 0 saturated carbocycles. The predicted molar refractivity (Wildman–Crippen MR) is 60.0 cm³/mol. The highest BCUT2D eigenvalue weighted by Crippen LogP contribution is 2.34. The summed E-state index contributed by atoms with van der Waals surface area (Å²) in [5.41, 5.74) is 0.356. The molecule has 1 aliphatic rings. The summed E-state index contributed by atoms with van der Waals surface area (Å²) >= 11 is 0.974. The van der Waals surface area contributed by atoms with Crippen molar-refractivity contribution in [1.29, 1.82) is 0 Å². The molecule has 7 heteroatoms. The van der Waals surface area contributed by atoms with Crippen LogP contribution in [-0.2, 0) is 4.79 Å². The zero-order valence-electron chi connectivity index (χ0n) is 8.77. The lowest BCUT2D eigenvalue weighted by atomic mass is 10.1. The molecule has 90 valence electrons. The van der Waals surface area contributed by atoms with Crippen LogP contribution in [0.1, 0.15) is 10.4 Å². The minimum Gasteiger partial charge on any atom is -0.440 e. The number of ketones is 1. The third-order valence-electron chi connectivity index (χ3n) is 2.38. The number of aromatic nitrogens is 1. The van der Waals surface area contributed by atoms with Gasteiger partial charge in [-0.2, -0.15) is 0 Å². The molecule has 5 nitrogen and oxygen atoms in total. The summed E-state index contributed by atoms with van der Waals surface area (Å²) < 4.78 is 18.7. The monoisotopic (exact) mass is 264 g/mol. The largest absolute Gasteiger partial charge is 0.440 e. The first kappa shape index (κ1) is 11.0. The predicted octanol–water partition coefficient (Wildman–Crippen LogP) is 2.10. The Bertz CT molecular complexity index is 655. The number of halogens is 1. The van der Waals surface area contributed by atoms with Gasteiger partial charge in [0.15, 0.2) is 0 Å². The Morgan fingerprint density at radius 1 is 1.33 bits per heavy atom. The minimum absolute atomic E-state index is 0.0502. The van der Waals surface area contributed by atoms with E-state index in [0.717, 1.165) is 17.8 Å². The summed E-state index contributed by atoms with van der Waals surface area (Å²) in [7, 11) is 0. The van der Waals surface area contributed by atoms with Crippen LogP contribution < -0.4 is 5.32 Å². The van der Waals surface area contributed by atoms with E-state index < -0.39 is 17.5 Å². The van der Waals surface area contributed by atoms with E-state index in [1.54, 1.807) is 0 Å². The highest BCUT2D eigenvalue weighted by Gasteiger charge is 2.29. The van der Waals surface area contributed by atoms with E-state index in [0.29, 0.717) is 5.69 Å². The molecular weight excluding hydrogens is 259 g/mol. The van der Waals surface area contributed by atoms with Crippen LogP contribution in [0.5, 0.6) is 0 Å². The summed E-state index contributed by atoms with van der Waals surface area (Å²) in [6.45, 7) is 0. The van der Waals surface area contributed by atoms with Gasteiger partial charge in [0.2, 0.25) is 0 Å². The number of anilines is 1. The Kier molecular flexibility index (Phi) is 2.41.